The Morgan fingerprint density at radius 2 is 1.93 bits per heavy atom. The summed E-state index contributed by atoms with van der Waals surface area (Å²) in [7, 11) is 0. The molecule has 0 saturated heterocycles. The van der Waals surface area contributed by atoms with Crippen molar-refractivity contribution < 1.29 is 0 Å². The molecule has 1 aliphatic carbocycles. The van der Waals surface area contributed by atoms with Gasteiger partial charge in [0, 0.05) is 0 Å². The van der Waals surface area contributed by atoms with Gasteiger partial charge in [0.2, 0.25) is 0 Å². The maximum Gasteiger partial charge on any atom is 0.101 e. The molecular weight excluding hydrogens is 172 g/mol. The fourth-order valence-corrected chi connectivity index (χ4v) is 2.10. The first-order valence-electron chi connectivity index (χ1n) is 5.80. The Balaban J connectivity index is 2.12. The van der Waals surface area contributed by atoms with Crippen LogP contribution in [-0.2, 0) is 0 Å². The Bertz CT molecular complexity index is 197. The second-order valence-electron chi connectivity index (χ2n) is 4.96. The van der Waals surface area contributed by atoms with Crippen molar-refractivity contribution in [3.63, 3.8) is 0 Å². The van der Waals surface area contributed by atoms with Crippen molar-refractivity contribution in [3.05, 3.63) is 0 Å². The Morgan fingerprint density at radius 1 is 1.29 bits per heavy atom. The lowest BCUT2D eigenvalue weighted by Gasteiger charge is -2.24. The third kappa shape index (κ3) is 4.11. The number of rotatable bonds is 4. The minimum atomic E-state index is -0.353. The van der Waals surface area contributed by atoms with E-state index in [0.717, 1.165) is 12.5 Å². The molecule has 1 fully saturated rings. The summed E-state index contributed by atoms with van der Waals surface area (Å²) in [6.07, 6.45) is 8.28. The average molecular weight is 194 g/mol. The Morgan fingerprint density at radius 3 is 2.50 bits per heavy atom. The molecule has 1 aliphatic rings. The van der Waals surface area contributed by atoms with Crippen LogP contribution in [0.5, 0.6) is 0 Å². The highest BCUT2D eigenvalue weighted by atomic mass is 14.9. The molecule has 1 rings (SSSR count). The van der Waals surface area contributed by atoms with Gasteiger partial charge in [-0.25, -0.2) is 0 Å². The van der Waals surface area contributed by atoms with Crippen molar-refractivity contribution in [2.24, 2.45) is 5.92 Å². The third-order valence-corrected chi connectivity index (χ3v) is 3.12. The van der Waals surface area contributed by atoms with Gasteiger partial charge in [-0.3, -0.25) is 5.32 Å². The number of nitriles is 1. The molecular formula is C12H22N2. The fraction of sp³-hybridized carbons (Fsp3) is 0.917. The molecule has 14 heavy (non-hydrogen) atoms. The highest BCUT2D eigenvalue weighted by molar-refractivity contribution is 4.99. The van der Waals surface area contributed by atoms with Crippen LogP contribution < -0.4 is 5.32 Å². The Hall–Kier alpha value is -0.550. The molecule has 0 radical (unpaired) electrons. The largest absolute Gasteiger partial charge is 0.300 e. The summed E-state index contributed by atoms with van der Waals surface area (Å²) in [5.41, 5.74) is -0.353. The summed E-state index contributed by atoms with van der Waals surface area (Å²) < 4.78 is 0. The Labute approximate surface area is 87.7 Å². The highest BCUT2D eigenvalue weighted by Crippen LogP contribution is 2.25. The van der Waals surface area contributed by atoms with E-state index in [1.807, 2.05) is 13.8 Å². The van der Waals surface area contributed by atoms with Crippen molar-refractivity contribution in [2.45, 2.75) is 57.9 Å². The van der Waals surface area contributed by atoms with Gasteiger partial charge < -0.3 is 0 Å². The van der Waals surface area contributed by atoms with Gasteiger partial charge in [0.25, 0.3) is 0 Å². The molecule has 0 atom stereocenters. The van der Waals surface area contributed by atoms with E-state index in [-0.39, 0.29) is 5.54 Å². The number of hydrogen-bond acceptors (Lipinski definition) is 2. The molecule has 2 heteroatoms. The first-order valence-corrected chi connectivity index (χ1v) is 5.80. The van der Waals surface area contributed by atoms with Crippen molar-refractivity contribution >= 4 is 0 Å². The number of nitrogens with one attached hydrogen (secondary N) is 1. The maximum atomic E-state index is 8.82. The number of hydrogen-bond donors (Lipinski definition) is 1. The molecule has 1 N–H and O–H groups in total. The van der Waals surface area contributed by atoms with E-state index in [0.29, 0.717) is 0 Å². The van der Waals surface area contributed by atoms with E-state index < -0.39 is 0 Å². The Kier molecular flexibility index (Phi) is 4.41. The van der Waals surface area contributed by atoms with E-state index in [2.05, 4.69) is 11.4 Å². The fourth-order valence-electron chi connectivity index (χ4n) is 2.10. The molecule has 80 valence electrons. The second-order valence-corrected chi connectivity index (χ2v) is 4.96. The van der Waals surface area contributed by atoms with Crippen LogP contribution in [-0.4, -0.2) is 12.1 Å². The lowest BCUT2D eigenvalue weighted by Crippen LogP contribution is -2.38. The predicted molar refractivity (Wildman–Crippen MR) is 58.9 cm³/mol. The van der Waals surface area contributed by atoms with Crippen LogP contribution in [0.2, 0.25) is 0 Å². The van der Waals surface area contributed by atoms with Crippen LogP contribution in [0.25, 0.3) is 0 Å². The summed E-state index contributed by atoms with van der Waals surface area (Å²) >= 11 is 0. The van der Waals surface area contributed by atoms with Crippen LogP contribution in [0.1, 0.15) is 52.4 Å². The highest BCUT2D eigenvalue weighted by Gasteiger charge is 2.17. The van der Waals surface area contributed by atoms with E-state index in [1.165, 1.54) is 38.5 Å². The second kappa shape index (κ2) is 5.36. The van der Waals surface area contributed by atoms with Crippen LogP contribution in [0, 0.1) is 17.2 Å². The van der Waals surface area contributed by atoms with Crippen molar-refractivity contribution in [1.29, 1.82) is 5.26 Å². The lowest BCUT2D eigenvalue weighted by atomic mass is 9.87. The summed E-state index contributed by atoms with van der Waals surface area (Å²) in [5, 5.41) is 12.1. The molecule has 0 aromatic carbocycles. The average Bonchev–Trinajstić information content (AvgIpc) is 2.19. The van der Waals surface area contributed by atoms with Crippen LogP contribution in [0.3, 0.4) is 0 Å². The van der Waals surface area contributed by atoms with Crippen LogP contribution in [0.15, 0.2) is 0 Å². The zero-order chi connectivity index (χ0) is 10.4. The topological polar surface area (TPSA) is 35.8 Å². The van der Waals surface area contributed by atoms with Crippen LogP contribution >= 0.6 is 0 Å². The summed E-state index contributed by atoms with van der Waals surface area (Å²) in [5.74, 6) is 0.908. The molecule has 0 aromatic heterocycles. The van der Waals surface area contributed by atoms with E-state index in [1.54, 1.807) is 0 Å². The standard InChI is InChI=1S/C12H22N2/c1-12(2,10-13)14-9-8-11-6-4-3-5-7-11/h11,14H,3-9H2,1-2H3. The maximum absolute atomic E-state index is 8.82. The van der Waals surface area contributed by atoms with Gasteiger partial charge >= 0.3 is 0 Å². The molecule has 2 nitrogen and oxygen atoms in total. The first-order chi connectivity index (χ1) is 6.64. The summed E-state index contributed by atoms with van der Waals surface area (Å²) in [6.45, 7) is 4.87. The monoisotopic (exact) mass is 194 g/mol. The summed E-state index contributed by atoms with van der Waals surface area (Å²) in [4.78, 5) is 0. The summed E-state index contributed by atoms with van der Waals surface area (Å²) in [6, 6.07) is 2.27. The minimum absolute atomic E-state index is 0.353. The molecule has 0 spiro atoms. The van der Waals surface area contributed by atoms with Gasteiger partial charge in [-0.05, 0) is 32.7 Å². The molecule has 0 aromatic rings. The van der Waals surface area contributed by atoms with E-state index in [9.17, 15) is 0 Å². The van der Waals surface area contributed by atoms with Crippen molar-refractivity contribution in [3.8, 4) is 6.07 Å². The minimum Gasteiger partial charge on any atom is -0.300 e. The zero-order valence-corrected chi connectivity index (χ0v) is 9.47. The van der Waals surface area contributed by atoms with Gasteiger partial charge in [-0.2, -0.15) is 5.26 Å². The van der Waals surface area contributed by atoms with Crippen LogP contribution in [0.4, 0.5) is 0 Å². The third-order valence-electron chi connectivity index (χ3n) is 3.12. The molecule has 0 amide bonds. The van der Waals surface area contributed by atoms with Gasteiger partial charge in [0.05, 0.1) is 6.07 Å². The van der Waals surface area contributed by atoms with Gasteiger partial charge in [-0.1, -0.05) is 32.1 Å². The zero-order valence-electron chi connectivity index (χ0n) is 9.47. The molecule has 0 unspecified atom stereocenters. The quantitative estimate of drug-likeness (QED) is 0.747. The molecule has 0 bridgehead atoms. The van der Waals surface area contributed by atoms with Gasteiger partial charge in [-0.15, -0.1) is 0 Å². The van der Waals surface area contributed by atoms with Crippen molar-refractivity contribution in [1.82, 2.24) is 5.32 Å². The van der Waals surface area contributed by atoms with Crippen molar-refractivity contribution in [2.75, 3.05) is 6.54 Å². The van der Waals surface area contributed by atoms with Gasteiger partial charge in [0.1, 0.15) is 5.54 Å². The predicted octanol–water partition coefficient (Wildman–Crippen LogP) is 2.85. The molecule has 0 heterocycles. The smallest absolute Gasteiger partial charge is 0.101 e. The van der Waals surface area contributed by atoms with Gasteiger partial charge in [0.15, 0.2) is 0 Å². The number of nitrogens with zero attached hydrogens (tertiary/aromatic N) is 1. The first kappa shape index (κ1) is 11.5. The normalized spacial score (nSPS) is 19.2. The van der Waals surface area contributed by atoms with E-state index in [4.69, 9.17) is 5.26 Å². The SMILES string of the molecule is CC(C)(C#N)NCCC1CCCCC1. The molecule has 0 aliphatic heterocycles. The van der Waals surface area contributed by atoms with E-state index >= 15 is 0 Å². The molecule has 1 saturated carbocycles. The lowest BCUT2D eigenvalue weighted by molar-refractivity contribution is 0.323.